The van der Waals surface area contributed by atoms with Crippen LogP contribution in [0.4, 0.5) is 0 Å². The van der Waals surface area contributed by atoms with Crippen LogP contribution in [-0.2, 0) is 21.4 Å². The number of hydrogen-bond donors (Lipinski definition) is 1. The molecule has 0 saturated carbocycles. The Bertz CT molecular complexity index is 741. The first kappa shape index (κ1) is 15.5. The van der Waals surface area contributed by atoms with Gasteiger partial charge in [-0.05, 0) is 50.1 Å². The molecule has 2 aliphatic carbocycles. The Labute approximate surface area is 141 Å². The zero-order valence-corrected chi connectivity index (χ0v) is 14.3. The number of ether oxygens (including phenoxy) is 2. The Hall–Kier alpha value is -2.01. The molecular weight excluding hydrogens is 306 g/mol. The lowest BCUT2D eigenvalue weighted by molar-refractivity contribution is -0.122. The molecule has 1 aromatic carbocycles. The molecule has 3 atom stereocenters. The monoisotopic (exact) mass is 329 g/mol. The number of likely N-dealkylation sites (N-methyl/N-ethyl adjacent to an activating group) is 1. The molecule has 0 amide bonds. The van der Waals surface area contributed by atoms with E-state index < -0.39 is 0 Å². The van der Waals surface area contributed by atoms with Crippen molar-refractivity contribution in [1.82, 2.24) is 4.90 Å². The fourth-order valence-electron chi connectivity index (χ4n) is 5.02. The maximum absolute atomic E-state index is 12.4. The van der Waals surface area contributed by atoms with Gasteiger partial charge < -0.3 is 19.5 Å². The molecule has 5 heteroatoms. The zero-order valence-electron chi connectivity index (χ0n) is 14.3. The molecule has 1 saturated heterocycles. The molecule has 2 bridgehead atoms. The number of aromatic hydroxyl groups is 1. The number of Topliss-reactive ketones (excluding diaryl/α,β-unsaturated/α-hetero) is 1. The highest BCUT2D eigenvalue weighted by atomic mass is 16.5. The molecule has 1 aliphatic heterocycles. The summed E-state index contributed by atoms with van der Waals surface area (Å²) < 4.78 is 10.7. The predicted octanol–water partition coefficient (Wildman–Crippen LogP) is 2.02. The van der Waals surface area contributed by atoms with Gasteiger partial charge in [-0.3, -0.25) is 4.79 Å². The third-order valence-corrected chi connectivity index (χ3v) is 6.20. The van der Waals surface area contributed by atoms with Crippen LogP contribution < -0.4 is 4.74 Å². The highest BCUT2D eigenvalue weighted by Crippen LogP contribution is 2.57. The summed E-state index contributed by atoms with van der Waals surface area (Å²) in [6, 6.07) is 4.18. The maximum Gasteiger partial charge on any atom is 0.197 e. The number of piperidine rings is 1. The van der Waals surface area contributed by atoms with Crippen molar-refractivity contribution >= 4 is 5.78 Å². The molecule has 24 heavy (non-hydrogen) atoms. The lowest BCUT2D eigenvalue weighted by atomic mass is 9.54. The van der Waals surface area contributed by atoms with Gasteiger partial charge in [0.25, 0.3) is 0 Å². The van der Waals surface area contributed by atoms with Gasteiger partial charge in [-0.2, -0.15) is 0 Å². The molecule has 0 aromatic heterocycles. The molecule has 1 aromatic rings. The third-order valence-electron chi connectivity index (χ3n) is 6.20. The number of rotatable bonds is 2. The first-order valence-corrected chi connectivity index (χ1v) is 8.41. The number of carbonyl (C=O) groups is 1. The normalized spacial score (nSPS) is 31.8. The summed E-state index contributed by atoms with van der Waals surface area (Å²) in [7, 11) is 5.24. The van der Waals surface area contributed by atoms with Crippen LogP contribution in [0, 0.1) is 5.92 Å². The Morgan fingerprint density at radius 1 is 1.25 bits per heavy atom. The number of likely N-dealkylation sites (tertiary alicyclic amines) is 1. The van der Waals surface area contributed by atoms with Gasteiger partial charge >= 0.3 is 0 Å². The number of benzene rings is 1. The third kappa shape index (κ3) is 1.88. The van der Waals surface area contributed by atoms with Gasteiger partial charge in [-0.15, -0.1) is 0 Å². The Morgan fingerprint density at radius 3 is 2.75 bits per heavy atom. The van der Waals surface area contributed by atoms with Gasteiger partial charge in [0, 0.05) is 23.4 Å². The topological polar surface area (TPSA) is 59.0 Å². The molecule has 0 spiro atoms. The minimum absolute atomic E-state index is 0.0595. The molecule has 3 aliphatic rings. The van der Waals surface area contributed by atoms with Crippen molar-refractivity contribution in [1.29, 1.82) is 0 Å². The summed E-state index contributed by atoms with van der Waals surface area (Å²) in [5, 5.41) is 10.9. The fourth-order valence-corrected chi connectivity index (χ4v) is 5.02. The van der Waals surface area contributed by atoms with E-state index >= 15 is 0 Å². The van der Waals surface area contributed by atoms with E-state index in [-0.39, 0.29) is 22.9 Å². The van der Waals surface area contributed by atoms with E-state index in [0.717, 1.165) is 30.5 Å². The number of hydrogen-bond acceptors (Lipinski definition) is 5. The summed E-state index contributed by atoms with van der Waals surface area (Å²) >= 11 is 0. The van der Waals surface area contributed by atoms with E-state index in [9.17, 15) is 9.90 Å². The molecular formula is C19H23NO4. The first-order valence-electron chi connectivity index (χ1n) is 8.41. The van der Waals surface area contributed by atoms with E-state index in [1.165, 1.54) is 0 Å². The Morgan fingerprint density at radius 2 is 2.04 bits per heavy atom. The minimum Gasteiger partial charge on any atom is -0.504 e. The van der Waals surface area contributed by atoms with Crippen LogP contribution in [0.3, 0.4) is 0 Å². The van der Waals surface area contributed by atoms with Crippen molar-refractivity contribution < 1.29 is 19.4 Å². The van der Waals surface area contributed by atoms with Crippen LogP contribution in [0.25, 0.3) is 0 Å². The number of allylic oxidation sites excluding steroid dienone is 2. The van der Waals surface area contributed by atoms with Gasteiger partial charge in [0.05, 0.1) is 14.2 Å². The van der Waals surface area contributed by atoms with Crippen molar-refractivity contribution in [2.24, 2.45) is 5.92 Å². The van der Waals surface area contributed by atoms with Gasteiger partial charge in [-0.1, -0.05) is 6.07 Å². The number of methoxy groups -OCH3 is 2. The van der Waals surface area contributed by atoms with Crippen molar-refractivity contribution in [3.05, 3.63) is 35.1 Å². The Kier molecular flexibility index (Phi) is 3.39. The minimum atomic E-state index is -0.358. The second-order valence-corrected chi connectivity index (χ2v) is 7.14. The van der Waals surface area contributed by atoms with Crippen LogP contribution in [0.2, 0.25) is 0 Å². The second kappa shape index (κ2) is 5.24. The van der Waals surface area contributed by atoms with E-state index in [0.29, 0.717) is 24.0 Å². The van der Waals surface area contributed by atoms with E-state index in [1.807, 2.05) is 12.1 Å². The zero-order chi connectivity index (χ0) is 17.1. The average molecular weight is 329 g/mol. The quantitative estimate of drug-likeness (QED) is 0.899. The van der Waals surface area contributed by atoms with Crippen molar-refractivity contribution in [2.75, 3.05) is 27.8 Å². The molecule has 1 heterocycles. The van der Waals surface area contributed by atoms with Gasteiger partial charge in [0.15, 0.2) is 23.0 Å². The summed E-state index contributed by atoms with van der Waals surface area (Å²) in [6.45, 7) is 0.930. The molecule has 128 valence electrons. The first-order chi connectivity index (χ1) is 11.5. The predicted molar refractivity (Wildman–Crippen MR) is 89.3 cm³/mol. The standard InChI is InChI=1S/C19H23NO4/c1-20-7-6-19-10-16(24-3)14(21)9-12(19)13(20)8-11-4-5-15(23-2)18(22)17(11)19/h4-5,10,12-13,22H,6-9H2,1-3H3. The molecule has 4 rings (SSSR count). The van der Waals surface area contributed by atoms with Crippen molar-refractivity contribution in [2.45, 2.75) is 30.7 Å². The lowest BCUT2D eigenvalue weighted by Gasteiger charge is -2.56. The summed E-state index contributed by atoms with van der Waals surface area (Å²) in [4.78, 5) is 14.8. The summed E-state index contributed by atoms with van der Waals surface area (Å²) in [5.41, 5.74) is 1.71. The highest BCUT2D eigenvalue weighted by molar-refractivity contribution is 5.95. The smallest absolute Gasteiger partial charge is 0.197 e. The molecule has 5 nitrogen and oxygen atoms in total. The van der Waals surface area contributed by atoms with E-state index in [2.05, 4.69) is 18.0 Å². The molecule has 1 fully saturated rings. The fraction of sp³-hybridized carbons (Fsp3) is 0.526. The largest absolute Gasteiger partial charge is 0.504 e. The molecule has 0 radical (unpaired) electrons. The average Bonchev–Trinajstić information content (AvgIpc) is 2.58. The number of phenols is 1. The Balaban J connectivity index is 2.00. The number of phenolic OH excluding ortho intramolecular Hbond substituents is 1. The van der Waals surface area contributed by atoms with Gasteiger partial charge in [-0.25, -0.2) is 0 Å². The number of carbonyl (C=O) groups excluding carboxylic acids is 1. The molecule has 1 N–H and O–H groups in total. The SMILES string of the molecule is COC1=CC23CCN(C)C(Cc4ccc(OC)c(O)c42)C3CC1=O. The van der Waals surface area contributed by atoms with Crippen molar-refractivity contribution in [3.8, 4) is 11.5 Å². The summed E-state index contributed by atoms with van der Waals surface area (Å²) in [5.74, 6) is 1.34. The number of fused-ring (bicyclic) bond motifs is 1. The van der Waals surface area contributed by atoms with E-state index in [4.69, 9.17) is 9.47 Å². The summed E-state index contributed by atoms with van der Waals surface area (Å²) in [6.07, 6.45) is 4.14. The van der Waals surface area contributed by atoms with E-state index in [1.54, 1.807) is 14.2 Å². The highest BCUT2D eigenvalue weighted by Gasteiger charge is 2.56. The van der Waals surface area contributed by atoms with Gasteiger partial charge in [0.1, 0.15) is 0 Å². The van der Waals surface area contributed by atoms with Crippen molar-refractivity contribution in [3.63, 3.8) is 0 Å². The lowest BCUT2D eigenvalue weighted by Crippen LogP contribution is -2.60. The maximum atomic E-state index is 12.4. The second-order valence-electron chi connectivity index (χ2n) is 7.14. The van der Waals surface area contributed by atoms with Crippen LogP contribution in [0.5, 0.6) is 11.5 Å². The number of nitrogens with zero attached hydrogens (tertiary/aromatic N) is 1. The van der Waals surface area contributed by atoms with Crippen LogP contribution in [-0.4, -0.2) is 49.6 Å². The van der Waals surface area contributed by atoms with Gasteiger partial charge in [0.2, 0.25) is 0 Å². The van der Waals surface area contributed by atoms with Crippen LogP contribution >= 0.6 is 0 Å². The van der Waals surface area contributed by atoms with Crippen LogP contribution in [0.15, 0.2) is 24.0 Å². The number of ketones is 1. The van der Waals surface area contributed by atoms with Crippen LogP contribution in [0.1, 0.15) is 24.0 Å². The molecule has 3 unspecified atom stereocenters.